The molecule has 0 aliphatic carbocycles. The number of aromatic nitrogens is 2. The van der Waals surface area contributed by atoms with E-state index in [9.17, 15) is 0 Å². The fourth-order valence-corrected chi connectivity index (χ4v) is 5.04. The molecule has 0 bridgehead atoms. The first-order valence-corrected chi connectivity index (χ1v) is 8.91. The Morgan fingerprint density at radius 1 is 1.26 bits per heavy atom. The van der Waals surface area contributed by atoms with E-state index in [1.807, 2.05) is 35.2 Å². The molecule has 0 amide bonds. The molecule has 3 aromatic rings. The number of fused-ring (bicyclic) bond motifs is 2. The summed E-state index contributed by atoms with van der Waals surface area (Å²) < 4.78 is 1.08. The Balaban J connectivity index is 1.83. The van der Waals surface area contributed by atoms with Crippen LogP contribution in [-0.2, 0) is 12.2 Å². The summed E-state index contributed by atoms with van der Waals surface area (Å²) in [5, 5.41) is 0. The summed E-state index contributed by atoms with van der Waals surface area (Å²) in [7, 11) is 0. The minimum Gasteiger partial charge on any atom is -0.337 e. The maximum absolute atomic E-state index is 4.69. The second-order valence-corrected chi connectivity index (χ2v) is 7.77. The number of halogens is 1. The highest BCUT2D eigenvalue weighted by Gasteiger charge is 2.16. The van der Waals surface area contributed by atoms with Gasteiger partial charge < -0.3 is 4.98 Å². The van der Waals surface area contributed by atoms with Crippen LogP contribution in [0.15, 0.2) is 28.7 Å². The summed E-state index contributed by atoms with van der Waals surface area (Å²) >= 11 is 7.41. The van der Waals surface area contributed by atoms with Gasteiger partial charge >= 0.3 is 0 Å². The molecular weight excluding hydrogens is 340 g/mol. The van der Waals surface area contributed by atoms with E-state index in [4.69, 9.17) is 4.98 Å². The van der Waals surface area contributed by atoms with Crippen LogP contribution < -0.4 is 0 Å². The first-order valence-electron chi connectivity index (χ1n) is 6.14. The standard InChI is InChI=1S/C14H11BrN2S2/c15-9-1-2-10-11(6-9)17-14(16-10)13-5-8-7-18-4-3-12(8)19-13/h1-2,5-6H,3-4,7H2,(H,16,17). The van der Waals surface area contributed by atoms with E-state index < -0.39 is 0 Å². The second kappa shape index (κ2) is 4.65. The lowest BCUT2D eigenvalue weighted by Gasteiger charge is -2.08. The van der Waals surface area contributed by atoms with Gasteiger partial charge in [0.15, 0.2) is 0 Å². The molecular formula is C14H11BrN2S2. The van der Waals surface area contributed by atoms with E-state index in [1.165, 1.54) is 27.5 Å². The molecule has 0 saturated heterocycles. The zero-order chi connectivity index (χ0) is 12.8. The van der Waals surface area contributed by atoms with Crippen LogP contribution in [0.3, 0.4) is 0 Å². The maximum atomic E-state index is 4.69. The van der Waals surface area contributed by atoms with E-state index in [1.54, 1.807) is 0 Å². The summed E-state index contributed by atoms with van der Waals surface area (Å²) in [6.07, 6.45) is 1.20. The zero-order valence-corrected chi connectivity index (χ0v) is 13.3. The van der Waals surface area contributed by atoms with Crippen molar-refractivity contribution in [3.05, 3.63) is 39.2 Å². The third-order valence-electron chi connectivity index (χ3n) is 3.30. The number of rotatable bonds is 1. The Bertz CT molecular complexity index is 736. The number of thiophene rings is 1. The van der Waals surface area contributed by atoms with Crippen molar-refractivity contribution in [2.45, 2.75) is 12.2 Å². The number of aryl methyl sites for hydroxylation is 1. The Hall–Kier alpha value is -0.780. The predicted octanol–water partition coefficient (Wildman–Crippen LogP) is 4.84. The lowest BCUT2D eigenvalue weighted by Crippen LogP contribution is -1.96. The SMILES string of the molecule is Brc1ccc2nc(-c3cc4c(s3)CCSC4)[nH]c2c1. The minimum absolute atomic E-state index is 0.998. The van der Waals surface area contributed by atoms with Gasteiger partial charge in [-0.25, -0.2) is 4.98 Å². The predicted molar refractivity (Wildman–Crippen MR) is 87.0 cm³/mol. The topological polar surface area (TPSA) is 28.7 Å². The molecule has 1 aliphatic heterocycles. The average Bonchev–Trinajstić information content (AvgIpc) is 3.00. The van der Waals surface area contributed by atoms with Crippen LogP contribution in [0.25, 0.3) is 21.7 Å². The summed E-state index contributed by atoms with van der Waals surface area (Å²) in [6, 6.07) is 8.46. The summed E-state index contributed by atoms with van der Waals surface area (Å²) in [5.41, 5.74) is 3.61. The van der Waals surface area contributed by atoms with E-state index in [-0.39, 0.29) is 0 Å². The molecule has 0 spiro atoms. The van der Waals surface area contributed by atoms with Gasteiger partial charge in [0.05, 0.1) is 15.9 Å². The smallest absolute Gasteiger partial charge is 0.148 e. The largest absolute Gasteiger partial charge is 0.337 e. The van der Waals surface area contributed by atoms with Crippen molar-refractivity contribution < 1.29 is 0 Å². The van der Waals surface area contributed by atoms with Crippen molar-refractivity contribution in [1.82, 2.24) is 9.97 Å². The Morgan fingerprint density at radius 2 is 2.21 bits per heavy atom. The molecule has 1 N–H and O–H groups in total. The first kappa shape index (κ1) is 12.0. The molecule has 19 heavy (non-hydrogen) atoms. The number of H-pyrrole nitrogens is 1. The third-order valence-corrected chi connectivity index (χ3v) is 6.05. The molecule has 4 rings (SSSR count). The molecule has 0 unspecified atom stereocenters. The van der Waals surface area contributed by atoms with E-state index in [2.05, 4.69) is 33.0 Å². The molecule has 96 valence electrons. The van der Waals surface area contributed by atoms with E-state index in [0.29, 0.717) is 0 Å². The van der Waals surface area contributed by atoms with Crippen LogP contribution in [0.1, 0.15) is 10.4 Å². The number of aromatic amines is 1. The third kappa shape index (κ3) is 2.14. The van der Waals surface area contributed by atoms with Gasteiger partial charge in [0.1, 0.15) is 5.82 Å². The normalized spacial score (nSPS) is 14.8. The van der Waals surface area contributed by atoms with Crippen molar-refractivity contribution in [2.24, 2.45) is 0 Å². The average molecular weight is 351 g/mol. The number of hydrogen-bond acceptors (Lipinski definition) is 3. The van der Waals surface area contributed by atoms with Crippen LogP contribution >= 0.6 is 39.0 Å². The Morgan fingerprint density at radius 3 is 3.11 bits per heavy atom. The van der Waals surface area contributed by atoms with E-state index in [0.717, 1.165) is 27.1 Å². The number of imidazole rings is 1. The molecule has 0 radical (unpaired) electrons. The number of benzene rings is 1. The van der Waals surface area contributed by atoms with Crippen LogP contribution in [0, 0.1) is 0 Å². The summed E-state index contributed by atoms with van der Waals surface area (Å²) in [6.45, 7) is 0. The molecule has 2 nitrogen and oxygen atoms in total. The number of nitrogens with zero attached hydrogens (tertiary/aromatic N) is 1. The summed E-state index contributed by atoms with van der Waals surface area (Å²) in [4.78, 5) is 10.9. The fourth-order valence-electron chi connectivity index (χ4n) is 2.36. The van der Waals surface area contributed by atoms with Gasteiger partial charge in [-0.3, -0.25) is 0 Å². The molecule has 0 atom stereocenters. The van der Waals surface area contributed by atoms with Crippen molar-refractivity contribution in [3.8, 4) is 10.7 Å². The number of hydrogen-bond donors (Lipinski definition) is 1. The van der Waals surface area contributed by atoms with Crippen LogP contribution in [0.4, 0.5) is 0 Å². The van der Waals surface area contributed by atoms with E-state index >= 15 is 0 Å². The lowest BCUT2D eigenvalue weighted by atomic mass is 10.2. The quantitative estimate of drug-likeness (QED) is 0.679. The van der Waals surface area contributed by atoms with Crippen molar-refractivity contribution in [1.29, 1.82) is 0 Å². The monoisotopic (exact) mass is 350 g/mol. The molecule has 3 heterocycles. The molecule has 5 heteroatoms. The fraction of sp³-hybridized carbons (Fsp3) is 0.214. The molecule has 2 aromatic heterocycles. The maximum Gasteiger partial charge on any atom is 0.148 e. The highest BCUT2D eigenvalue weighted by molar-refractivity contribution is 9.10. The highest BCUT2D eigenvalue weighted by Crippen LogP contribution is 2.36. The van der Waals surface area contributed by atoms with Crippen LogP contribution in [0.2, 0.25) is 0 Å². The van der Waals surface area contributed by atoms with Crippen LogP contribution in [0.5, 0.6) is 0 Å². The van der Waals surface area contributed by atoms with Gasteiger partial charge in [0.25, 0.3) is 0 Å². The number of nitrogens with one attached hydrogen (secondary N) is 1. The second-order valence-electron chi connectivity index (χ2n) is 4.61. The molecule has 0 saturated carbocycles. The van der Waals surface area contributed by atoms with Gasteiger partial charge in [0.2, 0.25) is 0 Å². The van der Waals surface area contributed by atoms with Crippen molar-refractivity contribution in [3.63, 3.8) is 0 Å². The first-order chi connectivity index (χ1) is 9.29. The number of thioether (sulfide) groups is 1. The van der Waals surface area contributed by atoms with Gasteiger partial charge in [0, 0.05) is 15.1 Å². The van der Waals surface area contributed by atoms with Gasteiger partial charge in [-0.2, -0.15) is 11.8 Å². The van der Waals surface area contributed by atoms with Crippen molar-refractivity contribution in [2.75, 3.05) is 5.75 Å². The van der Waals surface area contributed by atoms with Gasteiger partial charge in [-0.05, 0) is 42.0 Å². The van der Waals surface area contributed by atoms with Gasteiger partial charge in [-0.1, -0.05) is 15.9 Å². The highest BCUT2D eigenvalue weighted by atomic mass is 79.9. The lowest BCUT2D eigenvalue weighted by molar-refractivity contribution is 1.13. The Labute approximate surface area is 127 Å². The minimum atomic E-state index is 0.998. The summed E-state index contributed by atoms with van der Waals surface area (Å²) in [5.74, 6) is 3.40. The zero-order valence-electron chi connectivity index (χ0n) is 10.1. The van der Waals surface area contributed by atoms with Crippen molar-refractivity contribution >= 4 is 50.1 Å². The Kier molecular flexibility index (Phi) is 2.94. The molecule has 0 fully saturated rings. The molecule has 1 aromatic carbocycles. The molecule has 1 aliphatic rings. The van der Waals surface area contributed by atoms with Gasteiger partial charge in [-0.15, -0.1) is 11.3 Å². The van der Waals surface area contributed by atoms with Crippen LogP contribution in [-0.4, -0.2) is 15.7 Å².